The molecule has 1 saturated heterocycles. The average Bonchev–Trinajstić information content (AvgIpc) is 3.14. The highest BCUT2D eigenvalue weighted by molar-refractivity contribution is 7.17. The summed E-state index contributed by atoms with van der Waals surface area (Å²) in [5.74, 6) is 0.867. The van der Waals surface area contributed by atoms with Crippen LogP contribution in [0.25, 0.3) is 21.3 Å². The Labute approximate surface area is 155 Å². The van der Waals surface area contributed by atoms with Gasteiger partial charge >= 0.3 is 6.09 Å². The first-order valence-electron chi connectivity index (χ1n) is 8.63. The maximum Gasteiger partial charge on any atom is 0.409 e. The Morgan fingerprint density at radius 2 is 2.00 bits per heavy atom. The molecule has 1 N–H and O–H groups in total. The molecule has 1 amide bonds. The van der Waals surface area contributed by atoms with Crippen LogP contribution in [0.4, 0.5) is 10.6 Å². The summed E-state index contributed by atoms with van der Waals surface area (Å²) in [5, 5.41) is 6.78. The molecule has 0 aliphatic carbocycles. The minimum atomic E-state index is -0.253. The van der Waals surface area contributed by atoms with Gasteiger partial charge in [-0.05, 0) is 18.4 Å². The first-order valence-corrected chi connectivity index (χ1v) is 9.51. The van der Waals surface area contributed by atoms with Crippen LogP contribution in [0.15, 0.2) is 42.0 Å². The van der Waals surface area contributed by atoms with Gasteiger partial charge in [0.25, 0.3) is 0 Å². The quantitative estimate of drug-likeness (QED) is 0.757. The molecule has 6 nitrogen and oxygen atoms in total. The Hall–Kier alpha value is -2.67. The molecule has 0 radical (unpaired) electrons. The summed E-state index contributed by atoms with van der Waals surface area (Å²) in [5.41, 5.74) is 2.32. The average molecular weight is 368 g/mol. The van der Waals surface area contributed by atoms with Crippen LogP contribution in [-0.2, 0) is 4.74 Å². The second kappa shape index (κ2) is 7.29. The molecule has 3 heterocycles. The summed E-state index contributed by atoms with van der Waals surface area (Å²) in [6.07, 6.45) is 3.09. The number of fused-ring (bicyclic) bond motifs is 1. The monoisotopic (exact) mass is 368 g/mol. The summed E-state index contributed by atoms with van der Waals surface area (Å²) < 4.78 is 4.80. The number of piperidine rings is 1. The minimum absolute atomic E-state index is 0.253. The lowest BCUT2D eigenvalue weighted by Crippen LogP contribution is -2.42. The van der Waals surface area contributed by atoms with E-state index in [2.05, 4.69) is 32.8 Å². The Morgan fingerprint density at radius 3 is 2.73 bits per heavy atom. The Morgan fingerprint density at radius 1 is 1.23 bits per heavy atom. The lowest BCUT2D eigenvalue weighted by molar-refractivity contribution is 0.113. The standard InChI is InChI=1S/C19H20N4O2S/c1-25-19(24)23-9-7-14(8-10-23)22-17-16-15(13-5-3-2-4-6-13)11-26-18(16)21-12-20-17/h2-6,11-12,14H,7-10H2,1H3,(H,20,21,22). The van der Waals surface area contributed by atoms with Crippen molar-refractivity contribution >= 4 is 33.5 Å². The largest absolute Gasteiger partial charge is 0.453 e. The van der Waals surface area contributed by atoms with E-state index < -0.39 is 0 Å². The topological polar surface area (TPSA) is 67.3 Å². The predicted octanol–water partition coefficient (Wildman–Crippen LogP) is 4.00. The van der Waals surface area contributed by atoms with Gasteiger partial charge in [-0.15, -0.1) is 11.3 Å². The van der Waals surface area contributed by atoms with E-state index in [0.717, 1.165) is 40.0 Å². The summed E-state index contributed by atoms with van der Waals surface area (Å²) >= 11 is 1.63. The van der Waals surface area contributed by atoms with Crippen molar-refractivity contribution in [3.05, 3.63) is 42.0 Å². The number of likely N-dealkylation sites (tertiary alicyclic amines) is 1. The van der Waals surface area contributed by atoms with Crippen LogP contribution in [0.2, 0.25) is 0 Å². The second-order valence-corrected chi connectivity index (χ2v) is 7.15. The molecule has 7 heteroatoms. The van der Waals surface area contributed by atoms with Crippen LogP contribution in [0.3, 0.4) is 0 Å². The van der Waals surface area contributed by atoms with Gasteiger partial charge in [0.15, 0.2) is 0 Å². The molecule has 0 spiro atoms. The van der Waals surface area contributed by atoms with Gasteiger partial charge in [0.2, 0.25) is 0 Å². The number of hydrogen-bond donors (Lipinski definition) is 1. The van der Waals surface area contributed by atoms with Crippen molar-refractivity contribution < 1.29 is 9.53 Å². The van der Waals surface area contributed by atoms with Gasteiger partial charge in [0.1, 0.15) is 17.0 Å². The number of methoxy groups -OCH3 is 1. The maximum atomic E-state index is 11.6. The van der Waals surface area contributed by atoms with E-state index >= 15 is 0 Å². The van der Waals surface area contributed by atoms with Gasteiger partial charge in [0.05, 0.1) is 12.5 Å². The van der Waals surface area contributed by atoms with Crippen LogP contribution >= 0.6 is 11.3 Å². The molecule has 1 aliphatic rings. The Bertz CT molecular complexity index is 904. The number of nitrogens with one attached hydrogen (secondary N) is 1. The summed E-state index contributed by atoms with van der Waals surface area (Å²) in [6, 6.07) is 10.6. The van der Waals surface area contributed by atoms with E-state index in [1.165, 1.54) is 7.11 Å². The minimum Gasteiger partial charge on any atom is -0.453 e. The third-order valence-corrected chi connectivity index (χ3v) is 5.61. The van der Waals surface area contributed by atoms with Crippen molar-refractivity contribution in [2.75, 3.05) is 25.5 Å². The van der Waals surface area contributed by atoms with E-state index in [-0.39, 0.29) is 12.1 Å². The van der Waals surface area contributed by atoms with Crippen LogP contribution in [0.5, 0.6) is 0 Å². The van der Waals surface area contributed by atoms with Gasteiger partial charge in [-0.3, -0.25) is 0 Å². The molecular formula is C19H20N4O2S. The number of aromatic nitrogens is 2. The zero-order chi connectivity index (χ0) is 17.9. The smallest absolute Gasteiger partial charge is 0.409 e. The number of rotatable bonds is 3. The Kier molecular flexibility index (Phi) is 4.71. The zero-order valence-corrected chi connectivity index (χ0v) is 15.3. The number of carbonyl (C=O) groups is 1. The summed E-state index contributed by atoms with van der Waals surface area (Å²) in [7, 11) is 1.42. The fraction of sp³-hybridized carbons (Fsp3) is 0.316. The molecule has 1 aromatic carbocycles. The second-order valence-electron chi connectivity index (χ2n) is 6.29. The van der Waals surface area contributed by atoms with Gasteiger partial charge in [-0.25, -0.2) is 14.8 Å². The van der Waals surface area contributed by atoms with Crippen LogP contribution in [0, 0.1) is 0 Å². The molecule has 0 bridgehead atoms. The summed E-state index contributed by atoms with van der Waals surface area (Å²) in [6.45, 7) is 1.38. The molecule has 0 unspecified atom stereocenters. The fourth-order valence-corrected chi connectivity index (χ4v) is 4.26. The van der Waals surface area contributed by atoms with E-state index in [1.807, 2.05) is 18.2 Å². The number of amides is 1. The van der Waals surface area contributed by atoms with Crippen LogP contribution < -0.4 is 5.32 Å². The van der Waals surface area contributed by atoms with E-state index in [0.29, 0.717) is 13.1 Å². The molecule has 0 atom stereocenters. The first-order chi connectivity index (χ1) is 12.8. The van der Waals surface area contributed by atoms with Gasteiger partial charge in [-0.1, -0.05) is 30.3 Å². The van der Waals surface area contributed by atoms with Crippen molar-refractivity contribution in [1.29, 1.82) is 0 Å². The van der Waals surface area contributed by atoms with Crippen molar-refractivity contribution in [2.24, 2.45) is 0 Å². The van der Waals surface area contributed by atoms with Crippen LogP contribution in [-0.4, -0.2) is 47.2 Å². The zero-order valence-electron chi connectivity index (χ0n) is 14.5. The van der Waals surface area contributed by atoms with Crippen molar-refractivity contribution in [3.63, 3.8) is 0 Å². The molecule has 2 aromatic heterocycles. The van der Waals surface area contributed by atoms with E-state index in [4.69, 9.17) is 4.74 Å². The molecule has 26 heavy (non-hydrogen) atoms. The lowest BCUT2D eigenvalue weighted by atomic mass is 10.0. The first kappa shape index (κ1) is 16.8. The van der Waals surface area contributed by atoms with Crippen molar-refractivity contribution in [1.82, 2.24) is 14.9 Å². The number of carbonyl (C=O) groups excluding carboxylic acids is 1. The van der Waals surface area contributed by atoms with Crippen molar-refractivity contribution in [3.8, 4) is 11.1 Å². The molecule has 134 valence electrons. The third-order valence-electron chi connectivity index (χ3n) is 4.72. The van der Waals surface area contributed by atoms with E-state index in [1.54, 1.807) is 22.6 Å². The SMILES string of the molecule is COC(=O)N1CCC(Nc2ncnc3scc(-c4ccccc4)c23)CC1. The molecule has 1 aliphatic heterocycles. The van der Waals surface area contributed by atoms with Gasteiger partial charge in [0, 0.05) is 30.1 Å². The predicted molar refractivity (Wildman–Crippen MR) is 103 cm³/mol. The number of nitrogens with zero attached hydrogens (tertiary/aromatic N) is 3. The summed E-state index contributed by atoms with van der Waals surface area (Å²) in [4.78, 5) is 23.3. The maximum absolute atomic E-state index is 11.6. The highest BCUT2D eigenvalue weighted by Gasteiger charge is 2.24. The lowest BCUT2D eigenvalue weighted by Gasteiger charge is -2.31. The number of hydrogen-bond acceptors (Lipinski definition) is 6. The number of thiophene rings is 1. The van der Waals surface area contributed by atoms with E-state index in [9.17, 15) is 4.79 Å². The molecule has 4 rings (SSSR count). The number of anilines is 1. The Balaban J connectivity index is 1.58. The normalized spacial score (nSPS) is 15.2. The highest BCUT2D eigenvalue weighted by Crippen LogP contribution is 2.36. The third kappa shape index (κ3) is 3.22. The number of benzene rings is 1. The van der Waals surface area contributed by atoms with Gasteiger partial charge in [-0.2, -0.15) is 0 Å². The molecule has 3 aromatic rings. The van der Waals surface area contributed by atoms with Crippen molar-refractivity contribution in [2.45, 2.75) is 18.9 Å². The molecule has 1 fully saturated rings. The fourth-order valence-electron chi connectivity index (χ4n) is 3.34. The number of ether oxygens (including phenoxy) is 1. The van der Waals surface area contributed by atoms with Gasteiger partial charge < -0.3 is 15.0 Å². The molecule has 0 saturated carbocycles. The van der Waals surface area contributed by atoms with Crippen LogP contribution in [0.1, 0.15) is 12.8 Å². The molecular weight excluding hydrogens is 348 g/mol. The highest BCUT2D eigenvalue weighted by atomic mass is 32.1.